The smallest absolute Gasteiger partial charge is 0.0229 e. The molecule has 0 bridgehead atoms. The molecule has 2 heteroatoms. The van der Waals surface area contributed by atoms with Crippen LogP contribution < -0.4 is 11.1 Å². The highest BCUT2D eigenvalue weighted by Crippen LogP contribution is 2.07. The molecule has 0 saturated carbocycles. The molecule has 70 valence electrons. The summed E-state index contributed by atoms with van der Waals surface area (Å²) in [7, 11) is 0. The van der Waals surface area contributed by atoms with Crippen LogP contribution in [0.15, 0.2) is 0 Å². The van der Waals surface area contributed by atoms with E-state index in [0.29, 0.717) is 5.92 Å². The van der Waals surface area contributed by atoms with Gasteiger partial charge in [0.1, 0.15) is 0 Å². The van der Waals surface area contributed by atoms with Crippen LogP contribution in [0.25, 0.3) is 0 Å². The summed E-state index contributed by atoms with van der Waals surface area (Å²) in [6, 6.07) is 2.83. The van der Waals surface area contributed by atoms with Gasteiger partial charge in [0.2, 0.25) is 0 Å². The number of hydrogen-bond acceptors (Lipinski definition) is 2. The Hall–Kier alpha value is -0.680. The molecule has 0 aliphatic carbocycles. The molecule has 0 amide bonds. The zero-order valence-corrected chi connectivity index (χ0v) is 8.19. The topological polar surface area (TPSA) is 38.0 Å². The first-order valence-corrected chi connectivity index (χ1v) is 4.69. The van der Waals surface area contributed by atoms with E-state index in [1.165, 1.54) is 19.3 Å². The Morgan fingerprint density at radius 1 is 1.50 bits per heavy atom. The first-order valence-electron chi connectivity index (χ1n) is 4.69. The minimum absolute atomic E-state index is 0.696. The van der Waals surface area contributed by atoms with E-state index in [1.54, 1.807) is 0 Å². The summed E-state index contributed by atoms with van der Waals surface area (Å²) in [5, 5.41) is 3.04. The van der Waals surface area contributed by atoms with Gasteiger partial charge in [0.15, 0.2) is 0 Å². The van der Waals surface area contributed by atoms with E-state index in [1.807, 2.05) is 6.92 Å². The van der Waals surface area contributed by atoms with Gasteiger partial charge in [-0.1, -0.05) is 19.3 Å². The zero-order chi connectivity index (χ0) is 9.23. The van der Waals surface area contributed by atoms with Crippen LogP contribution >= 0.6 is 0 Å². The Bertz CT molecular complexity index is 140. The minimum atomic E-state index is 0.696. The van der Waals surface area contributed by atoms with Crippen LogP contribution in [0.1, 0.15) is 33.1 Å². The van der Waals surface area contributed by atoms with Crippen LogP contribution in [-0.4, -0.2) is 13.1 Å². The molecule has 0 saturated heterocycles. The molecule has 0 rings (SSSR count). The molecule has 0 fully saturated rings. The maximum Gasteiger partial charge on any atom is 0.0229 e. The number of nitrogens with one attached hydrogen (secondary N) is 1. The molecule has 1 atom stereocenters. The van der Waals surface area contributed by atoms with Gasteiger partial charge in [-0.25, -0.2) is 0 Å². The summed E-state index contributed by atoms with van der Waals surface area (Å²) < 4.78 is 0. The van der Waals surface area contributed by atoms with Gasteiger partial charge in [-0.3, -0.25) is 0 Å². The first-order chi connectivity index (χ1) is 5.85. The van der Waals surface area contributed by atoms with Crippen LogP contribution in [-0.2, 0) is 0 Å². The van der Waals surface area contributed by atoms with Crippen LogP contribution in [0.3, 0.4) is 0 Å². The third-order valence-electron chi connectivity index (χ3n) is 2.04. The van der Waals surface area contributed by atoms with Crippen LogP contribution in [0, 0.1) is 17.9 Å². The molecule has 0 radical (unpaired) electrons. The number of rotatable bonds is 6. The Morgan fingerprint density at radius 2 is 2.25 bits per heavy atom. The van der Waals surface area contributed by atoms with Gasteiger partial charge >= 0.3 is 0 Å². The molecule has 12 heavy (non-hydrogen) atoms. The highest BCUT2D eigenvalue weighted by Gasteiger charge is 2.01. The molecular formula is C10H20N2. The zero-order valence-electron chi connectivity index (χ0n) is 8.19. The number of nitrogens with two attached hydrogens (primary N) is 1. The van der Waals surface area contributed by atoms with Crippen molar-refractivity contribution in [2.24, 2.45) is 11.7 Å². The largest absolute Gasteiger partial charge is 0.346 e. The van der Waals surface area contributed by atoms with E-state index in [-0.39, 0.29) is 0 Å². The third kappa shape index (κ3) is 6.06. The molecule has 3 N–H and O–H groups in total. The SMILES string of the molecule is CC#CNCCCC(CC)CN. The van der Waals surface area contributed by atoms with Gasteiger partial charge < -0.3 is 11.1 Å². The molecule has 1 unspecified atom stereocenters. The summed E-state index contributed by atoms with van der Waals surface area (Å²) in [5.41, 5.74) is 5.58. The van der Waals surface area contributed by atoms with E-state index >= 15 is 0 Å². The molecule has 0 heterocycles. The summed E-state index contributed by atoms with van der Waals surface area (Å²) >= 11 is 0. The van der Waals surface area contributed by atoms with Crippen molar-refractivity contribution in [2.75, 3.05) is 13.1 Å². The standard InChI is InChI=1S/C10H20N2/c1-3-7-12-8-5-6-10(4-2)9-11/h10,12H,4-6,8-9,11H2,1-2H3. The van der Waals surface area contributed by atoms with Crippen molar-refractivity contribution in [3.05, 3.63) is 0 Å². The second kappa shape index (κ2) is 8.42. The van der Waals surface area contributed by atoms with Crippen LogP contribution in [0.4, 0.5) is 0 Å². The second-order valence-corrected chi connectivity index (χ2v) is 2.95. The fourth-order valence-corrected chi connectivity index (χ4v) is 1.12. The van der Waals surface area contributed by atoms with E-state index in [2.05, 4.69) is 24.2 Å². The van der Waals surface area contributed by atoms with E-state index < -0.39 is 0 Å². The average molecular weight is 168 g/mol. The van der Waals surface area contributed by atoms with Gasteiger partial charge in [0.05, 0.1) is 0 Å². The van der Waals surface area contributed by atoms with Crippen LogP contribution in [0.2, 0.25) is 0 Å². The minimum Gasteiger partial charge on any atom is -0.346 e. The second-order valence-electron chi connectivity index (χ2n) is 2.95. The van der Waals surface area contributed by atoms with Gasteiger partial charge in [-0.15, -0.1) is 0 Å². The van der Waals surface area contributed by atoms with Crippen molar-refractivity contribution in [1.29, 1.82) is 0 Å². The Morgan fingerprint density at radius 3 is 2.75 bits per heavy atom. The first kappa shape index (κ1) is 11.3. The molecular weight excluding hydrogens is 148 g/mol. The van der Waals surface area contributed by atoms with Crippen molar-refractivity contribution < 1.29 is 0 Å². The van der Waals surface area contributed by atoms with Gasteiger partial charge in [0.25, 0.3) is 0 Å². The Labute approximate surface area is 75.9 Å². The highest BCUT2D eigenvalue weighted by atomic mass is 14.8. The maximum absolute atomic E-state index is 5.58. The van der Waals surface area contributed by atoms with E-state index in [0.717, 1.165) is 13.1 Å². The van der Waals surface area contributed by atoms with E-state index in [9.17, 15) is 0 Å². The average Bonchev–Trinajstić information content (AvgIpc) is 2.11. The predicted molar refractivity (Wildman–Crippen MR) is 53.5 cm³/mol. The Kier molecular flexibility index (Phi) is 7.94. The quantitative estimate of drug-likeness (QED) is 0.356. The van der Waals surface area contributed by atoms with Crippen molar-refractivity contribution in [3.63, 3.8) is 0 Å². The molecule has 0 aliphatic rings. The van der Waals surface area contributed by atoms with Crippen molar-refractivity contribution in [3.8, 4) is 12.0 Å². The molecule has 0 aromatic rings. The monoisotopic (exact) mass is 168 g/mol. The highest BCUT2D eigenvalue weighted by molar-refractivity contribution is 4.91. The van der Waals surface area contributed by atoms with Gasteiger partial charge in [-0.2, -0.15) is 0 Å². The van der Waals surface area contributed by atoms with E-state index in [4.69, 9.17) is 5.73 Å². The number of hydrogen-bond donors (Lipinski definition) is 2. The predicted octanol–water partition coefficient (Wildman–Crippen LogP) is 1.32. The van der Waals surface area contributed by atoms with Gasteiger partial charge in [0, 0.05) is 12.6 Å². The lowest BCUT2D eigenvalue weighted by molar-refractivity contribution is 0.463. The third-order valence-corrected chi connectivity index (χ3v) is 2.04. The van der Waals surface area contributed by atoms with Crippen molar-refractivity contribution in [1.82, 2.24) is 5.32 Å². The van der Waals surface area contributed by atoms with Crippen molar-refractivity contribution >= 4 is 0 Å². The van der Waals surface area contributed by atoms with Crippen LogP contribution in [0.5, 0.6) is 0 Å². The molecule has 0 aromatic carbocycles. The summed E-state index contributed by atoms with van der Waals surface area (Å²) in [6.45, 7) is 5.83. The summed E-state index contributed by atoms with van der Waals surface area (Å²) in [5.74, 6) is 3.49. The maximum atomic E-state index is 5.58. The van der Waals surface area contributed by atoms with Gasteiger partial charge in [-0.05, 0) is 32.2 Å². The summed E-state index contributed by atoms with van der Waals surface area (Å²) in [6.07, 6.45) is 3.58. The lowest BCUT2D eigenvalue weighted by Gasteiger charge is -2.10. The normalized spacial score (nSPS) is 11.6. The molecule has 2 nitrogen and oxygen atoms in total. The summed E-state index contributed by atoms with van der Waals surface area (Å²) in [4.78, 5) is 0. The lowest BCUT2D eigenvalue weighted by Crippen LogP contribution is -2.16. The fraction of sp³-hybridized carbons (Fsp3) is 0.800. The molecule has 0 aliphatic heterocycles. The van der Waals surface area contributed by atoms with Crippen molar-refractivity contribution in [2.45, 2.75) is 33.1 Å². The molecule has 0 spiro atoms. The Balaban J connectivity index is 3.21. The lowest BCUT2D eigenvalue weighted by atomic mass is 10.0. The fourth-order valence-electron chi connectivity index (χ4n) is 1.12. The molecule has 0 aromatic heterocycles.